The number of hydrogen-bond donors (Lipinski definition) is 2. The van der Waals surface area contributed by atoms with Gasteiger partial charge in [0.15, 0.2) is 6.04 Å². The largest absolute Gasteiger partial charge is 0.410 e. The fourth-order valence-electron chi connectivity index (χ4n) is 0.907. The van der Waals surface area contributed by atoms with Gasteiger partial charge in [-0.2, -0.15) is 18.7 Å². The van der Waals surface area contributed by atoms with Crippen LogP contribution >= 0.6 is 11.3 Å². The molecule has 1 aromatic heterocycles. The minimum Gasteiger partial charge on any atom is -0.316 e. The number of alkyl halides is 3. The molecule has 0 radical (unpaired) electrons. The second-order valence-electron chi connectivity index (χ2n) is 2.55. The molecule has 1 unspecified atom stereocenters. The average Bonchev–Trinajstić information content (AvgIpc) is 2.34. The number of thiophene rings is 1. The summed E-state index contributed by atoms with van der Waals surface area (Å²) in [5.74, 6) is 0. The standard InChI is InChI=1S/C7H8F3NOS/c1-4-2-3-5(13-4)6(11-12)7(8,9)10/h2-3,6,11-12H,1H3. The molecule has 2 N–H and O–H groups in total. The van der Waals surface area contributed by atoms with Gasteiger partial charge in [-0.05, 0) is 19.1 Å². The van der Waals surface area contributed by atoms with E-state index in [1.807, 2.05) is 0 Å². The van der Waals surface area contributed by atoms with Gasteiger partial charge < -0.3 is 5.21 Å². The molecule has 0 spiro atoms. The van der Waals surface area contributed by atoms with Crippen LogP contribution in [0.25, 0.3) is 0 Å². The Morgan fingerprint density at radius 1 is 1.46 bits per heavy atom. The average molecular weight is 211 g/mol. The summed E-state index contributed by atoms with van der Waals surface area (Å²) in [7, 11) is 0. The van der Waals surface area contributed by atoms with Crippen LogP contribution in [-0.4, -0.2) is 11.4 Å². The number of hydrogen-bond acceptors (Lipinski definition) is 3. The first-order valence-electron chi connectivity index (χ1n) is 3.48. The van der Waals surface area contributed by atoms with Crippen LogP contribution in [0.5, 0.6) is 0 Å². The maximum absolute atomic E-state index is 12.2. The van der Waals surface area contributed by atoms with Gasteiger partial charge in [0.1, 0.15) is 0 Å². The van der Waals surface area contributed by atoms with Gasteiger partial charge in [-0.1, -0.05) is 0 Å². The van der Waals surface area contributed by atoms with E-state index in [0.29, 0.717) is 0 Å². The molecule has 74 valence electrons. The van der Waals surface area contributed by atoms with Gasteiger partial charge in [0.2, 0.25) is 0 Å². The molecule has 0 fully saturated rings. The Labute approximate surface area is 77.0 Å². The number of halogens is 3. The van der Waals surface area contributed by atoms with Crippen molar-refractivity contribution < 1.29 is 18.4 Å². The molecular weight excluding hydrogens is 203 g/mol. The topological polar surface area (TPSA) is 32.3 Å². The predicted molar refractivity (Wildman–Crippen MR) is 42.8 cm³/mol. The van der Waals surface area contributed by atoms with Gasteiger partial charge in [-0.25, -0.2) is 0 Å². The van der Waals surface area contributed by atoms with Crippen LogP contribution in [0.1, 0.15) is 15.8 Å². The van der Waals surface area contributed by atoms with Crippen LogP contribution < -0.4 is 5.48 Å². The van der Waals surface area contributed by atoms with Crippen molar-refractivity contribution in [2.45, 2.75) is 19.1 Å². The molecule has 0 aliphatic heterocycles. The summed E-state index contributed by atoms with van der Waals surface area (Å²) in [5.41, 5.74) is 1.26. The molecule has 0 aliphatic rings. The second kappa shape index (κ2) is 3.65. The Morgan fingerprint density at radius 2 is 2.08 bits per heavy atom. The first-order chi connectivity index (χ1) is 5.95. The van der Waals surface area contributed by atoms with Crippen molar-refractivity contribution >= 4 is 11.3 Å². The van der Waals surface area contributed by atoms with Gasteiger partial charge >= 0.3 is 6.18 Å². The van der Waals surface area contributed by atoms with Crippen LogP contribution in [0.3, 0.4) is 0 Å². The highest BCUT2D eigenvalue weighted by Crippen LogP contribution is 2.35. The molecule has 2 nitrogen and oxygen atoms in total. The van der Waals surface area contributed by atoms with E-state index in [-0.39, 0.29) is 4.88 Å². The summed E-state index contributed by atoms with van der Waals surface area (Å²) in [6.45, 7) is 1.71. The third kappa shape index (κ3) is 2.43. The number of rotatable bonds is 2. The summed E-state index contributed by atoms with van der Waals surface area (Å²) in [4.78, 5) is 0.840. The second-order valence-corrected chi connectivity index (χ2v) is 3.87. The van der Waals surface area contributed by atoms with E-state index in [2.05, 4.69) is 0 Å². The Balaban J connectivity index is 2.91. The summed E-state index contributed by atoms with van der Waals surface area (Å²) < 4.78 is 36.6. The van der Waals surface area contributed by atoms with E-state index in [1.54, 1.807) is 13.0 Å². The van der Waals surface area contributed by atoms with Crippen molar-refractivity contribution in [3.05, 3.63) is 21.9 Å². The summed E-state index contributed by atoms with van der Waals surface area (Å²) in [6.07, 6.45) is -4.47. The van der Waals surface area contributed by atoms with Crippen molar-refractivity contribution in [2.24, 2.45) is 0 Å². The summed E-state index contributed by atoms with van der Waals surface area (Å²) in [5, 5.41) is 8.36. The molecule has 0 aliphatic carbocycles. The van der Waals surface area contributed by atoms with Crippen LogP contribution in [0.2, 0.25) is 0 Å². The zero-order valence-electron chi connectivity index (χ0n) is 6.72. The lowest BCUT2D eigenvalue weighted by molar-refractivity contribution is -0.177. The number of aryl methyl sites for hydroxylation is 1. The van der Waals surface area contributed by atoms with Gasteiger partial charge in [-0.15, -0.1) is 11.3 Å². The Kier molecular flexibility index (Phi) is 2.94. The first kappa shape index (κ1) is 10.5. The molecule has 1 atom stereocenters. The lowest BCUT2D eigenvalue weighted by atomic mass is 10.2. The van der Waals surface area contributed by atoms with Gasteiger partial charge in [0, 0.05) is 9.75 Å². The minimum absolute atomic E-state index is 0.0625. The van der Waals surface area contributed by atoms with Gasteiger partial charge in [0.05, 0.1) is 0 Å². The van der Waals surface area contributed by atoms with Gasteiger partial charge in [0.25, 0.3) is 0 Å². The normalized spacial score (nSPS) is 14.5. The molecule has 6 heteroatoms. The van der Waals surface area contributed by atoms with Crippen LogP contribution in [0.4, 0.5) is 13.2 Å². The van der Waals surface area contributed by atoms with Crippen LogP contribution in [-0.2, 0) is 0 Å². The number of nitrogens with one attached hydrogen (secondary N) is 1. The van der Waals surface area contributed by atoms with E-state index in [0.717, 1.165) is 16.2 Å². The van der Waals surface area contributed by atoms with Crippen molar-refractivity contribution in [3.8, 4) is 0 Å². The third-order valence-electron chi connectivity index (χ3n) is 1.50. The van der Waals surface area contributed by atoms with Crippen LogP contribution in [0, 0.1) is 6.92 Å². The molecule has 1 aromatic rings. The maximum Gasteiger partial charge on any atom is 0.410 e. The molecular formula is C7H8F3NOS. The fraction of sp³-hybridized carbons (Fsp3) is 0.429. The molecule has 0 bridgehead atoms. The molecule has 13 heavy (non-hydrogen) atoms. The first-order valence-corrected chi connectivity index (χ1v) is 4.29. The van der Waals surface area contributed by atoms with Crippen molar-refractivity contribution in [2.75, 3.05) is 0 Å². The maximum atomic E-state index is 12.2. The summed E-state index contributed by atoms with van der Waals surface area (Å²) >= 11 is 1.00. The fourth-order valence-corrected chi connectivity index (χ4v) is 1.85. The third-order valence-corrected chi connectivity index (χ3v) is 2.57. The van der Waals surface area contributed by atoms with Crippen molar-refractivity contribution in [1.29, 1.82) is 0 Å². The van der Waals surface area contributed by atoms with E-state index in [1.165, 1.54) is 11.5 Å². The van der Waals surface area contributed by atoms with E-state index in [4.69, 9.17) is 5.21 Å². The predicted octanol–water partition coefficient (Wildman–Crippen LogP) is 2.64. The van der Waals surface area contributed by atoms with E-state index in [9.17, 15) is 13.2 Å². The highest BCUT2D eigenvalue weighted by Gasteiger charge is 2.41. The quantitative estimate of drug-likeness (QED) is 0.737. The monoisotopic (exact) mass is 211 g/mol. The van der Waals surface area contributed by atoms with E-state index >= 15 is 0 Å². The molecule has 0 amide bonds. The van der Waals surface area contributed by atoms with Gasteiger partial charge in [-0.3, -0.25) is 0 Å². The Morgan fingerprint density at radius 3 is 2.38 bits per heavy atom. The SMILES string of the molecule is Cc1ccc(C(NO)C(F)(F)F)s1. The Bertz CT molecular complexity index is 284. The lowest BCUT2D eigenvalue weighted by Gasteiger charge is -2.16. The smallest absolute Gasteiger partial charge is 0.316 e. The van der Waals surface area contributed by atoms with Crippen molar-refractivity contribution in [1.82, 2.24) is 5.48 Å². The minimum atomic E-state index is -4.47. The molecule has 0 aromatic carbocycles. The molecule has 1 heterocycles. The Hall–Kier alpha value is -0.590. The van der Waals surface area contributed by atoms with Crippen LogP contribution in [0.15, 0.2) is 12.1 Å². The highest BCUT2D eigenvalue weighted by atomic mass is 32.1. The van der Waals surface area contributed by atoms with Crippen molar-refractivity contribution in [3.63, 3.8) is 0 Å². The zero-order valence-corrected chi connectivity index (χ0v) is 7.54. The van der Waals surface area contributed by atoms with E-state index < -0.39 is 12.2 Å². The molecule has 0 saturated carbocycles. The molecule has 1 rings (SSSR count). The lowest BCUT2D eigenvalue weighted by Crippen LogP contribution is -2.31. The highest BCUT2D eigenvalue weighted by molar-refractivity contribution is 7.12. The zero-order chi connectivity index (χ0) is 10.1. The molecule has 0 saturated heterocycles. The summed E-state index contributed by atoms with van der Waals surface area (Å²) in [6, 6.07) is 0.948. The number of hydroxylamine groups is 1.